The monoisotopic (exact) mass is 171 g/mol. The fraction of sp³-hybridized carbons (Fsp3) is 0.125. The molecule has 0 unspecified atom stereocenters. The summed E-state index contributed by atoms with van der Waals surface area (Å²) in [7, 11) is 0. The molecule has 0 fully saturated rings. The Morgan fingerprint density at radius 3 is 2.08 bits per heavy atom. The second-order valence-corrected chi connectivity index (χ2v) is 2.19. The Morgan fingerprint density at radius 1 is 1.17 bits per heavy atom. The van der Waals surface area contributed by atoms with Crippen molar-refractivity contribution in [2.75, 3.05) is 0 Å². The number of benzene rings is 1. The zero-order chi connectivity index (χ0) is 9.14. The second-order valence-electron chi connectivity index (χ2n) is 2.19. The van der Waals surface area contributed by atoms with E-state index in [0.29, 0.717) is 0 Å². The summed E-state index contributed by atoms with van der Waals surface area (Å²) in [6.45, 7) is 6.28. The maximum Gasteiger partial charge on any atom is 0.239 e. The van der Waals surface area contributed by atoms with E-state index in [1.165, 1.54) is 0 Å². The molecule has 1 nitrogen and oxygen atoms in total. The molecule has 1 aromatic rings. The topological polar surface area (TPSA) is 4.36 Å². The molecule has 0 aliphatic carbocycles. The molecule has 0 saturated heterocycles. The number of hydrogen-bond donors (Lipinski definition) is 0. The van der Waals surface area contributed by atoms with Gasteiger partial charge in [0.25, 0.3) is 0 Å². The summed E-state index contributed by atoms with van der Waals surface area (Å²) in [6, 6.07) is 1.63. The van der Waals surface area contributed by atoms with Gasteiger partial charge >= 0.3 is 0 Å². The van der Waals surface area contributed by atoms with E-state index in [9.17, 15) is 13.2 Å². The highest BCUT2D eigenvalue weighted by Crippen LogP contribution is 2.13. The summed E-state index contributed by atoms with van der Waals surface area (Å²) >= 11 is 0. The molecule has 0 spiro atoms. The van der Waals surface area contributed by atoms with E-state index in [4.69, 9.17) is 6.57 Å². The molecule has 0 bridgehead atoms. The highest BCUT2D eigenvalue weighted by molar-refractivity contribution is 5.20. The molecule has 12 heavy (non-hydrogen) atoms. The van der Waals surface area contributed by atoms with Gasteiger partial charge in [0.2, 0.25) is 6.54 Å². The van der Waals surface area contributed by atoms with Gasteiger partial charge in [-0.3, -0.25) is 0 Å². The first kappa shape index (κ1) is 8.60. The quantitative estimate of drug-likeness (QED) is 0.451. The minimum Gasteiger partial charge on any atom is -0.312 e. The minimum absolute atomic E-state index is 0.140. The van der Waals surface area contributed by atoms with Crippen molar-refractivity contribution in [3.05, 3.63) is 46.6 Å². The van der Waals surface area contributed by atoms with E-state index in [-0.39, 0.29) is 12.1 Å². The first-order chi connectivity index (χ1) is 5.65. The largest absolute Gasteiger partial charge is 0.312 e. The molecule has 0 saturated carbocycles. The Hall–Kier alpha value is -1.50. The van der Waals surface area contributed by atoms with Crippen LogP contribution >= 0.6 is 0 Å². The van der Waals surface area contributed by atoms with Gasteiger partial charge in [-0.1, -0.05) is 0 Å². The van der Waals surface area contributed by atoms with Gasteiger partial charge in [-0.2, -0.15) is 0 Å². The number of halogens is 3. The van der Waals surface area contributed by atoms with Crippen LogP contribution < -0.4 is 0 Å². The van der Waals surface area contributed by atoms with Crippen LogP contribution in [0.5, 0.6) is 0 Å². The molecule has 0 radical (unpaired) electrons. The fourth-order valence-corrected chi connectivity index (χ4v) is 0.791. The molecule has 0 aliphatic rings. The predicted molar refractivity (Wildman–Crippen MR) is 36.6 cm³/mol. The van der Waals surface area contributed by atoms with Gasteiger partial charge in [-0.15, -0.1) is 0 Å². The Labute approximate surface area is 67.3 Å². The standard InChI is InChI=1S/C8H4F3N/c1-12-4-5-2-6(9)8(11)7(10)3-5/h2-3H,4H2. The number of hydrogen-bond acceptors (Lipinski definition) is 0. The summed E-state index contributed by atoms with van der Waals surface area (Å²) in [4.78, 5) is 2.91. The van der Waals surface area contributed by atoms with E-state index < -0.39 is 17.5 Å². The average Bonchev–Trinajstić information content (AvgIpc) is 2.01. The van der Waals surface area contributed by atoms with Crippen molar-refractivity contribution in [1.29, 1.82) is 0 Å². The Bertz CT molecular complexity index is 318. The summed E-state index contributed by atoms with van der Waals surface area (Å²) in [5.41, 5.74) is 0.140. The van der Waals surface area contributed by atoms with Gasteiger partial charge in [0.15, 0.2) is 17.5 Å². The molecule has 0 N–H and O–H groups in total. The van der Waals surface area contributed by atoms with Crippen molar-refractivity contribution in [3.8, 4) is 0 Å². The highest BCUT2D eigenvalue weighted by atomic mass is 19.2. The molecular weight excluding hydrogens is 167 g/mol. The Balaban J connectivity index is 3.14. The van der Waals surface area contributed by atoms with Crippen LogP contribution in [0.15, 0.2) is 12.1 Å². The van der Waals surface area contributed by atoms with Crippen molar-refractivity contribution in [2.24, 2.45) is 0 Å². The fourth-order valence-electron chi connectivity index (χ4n) is 0.791. The van der Waals surface area contributed by atoms with Crippen molar-refractivity contribution >= 4 is 0 Å². The second kappa shape index (κ2) is 3.26. The molecule has 1 rings (SSSR count). The predicted octanol–water partition coefficient (Wildman–Crippen LogP) is 2.52. The van der Waals surface area contributed by atoms with Crippen LogP contribution in [-0.4, -0.2) is 0 Å². The van der Waals surface area contributed by atoms with Crippen LogP contribution in [0.4, 0.5) is 13.2 Å². The number of nitrogens with zero attached hydrogens (tertiary/aromatic N) is 1. The lowest BCUT2D eigenvalue weighted by Crippen LogP contribution is -1.93. The van der Waals surface area contributed by atoms with Crippen LogP contribution in [0.2, 0.25) is 0 Å². The highest BCUT2D eigenvalue weighted by Gasteiger charge is 2.10. The first-order valence-electron chi connectivity index (χ1n) is 3.12. The number of rotatable bonds is 1. The maximum atomic E-state index is 12.4. The summed E-state index contributed by atoms with van der Waals surface area (Å²) in [5, 5.41) is 0. The van der Waals surface area contributed by atoms with Crippen molar-refractivity contribution in [2.45, 2.75) is 6.54 Å². The third kappa shape index (κ3) is 1.56. The van der Waals surface area contributed by atoms with Crippen LogP contribution in [0.25, 0.3) is 4.85 Å². The normalized spacial score (nSPS) is 9.50. The van der Waals surface area contributed by atoms with Crippen molar-refractivity contribution < 1.29 is 13.2 Å². The van der Waals surface area contributed by atoms with Crippen molar-refractivity contribution in [3.63, 3.8) is 0 Å². The summed E-state index contributed by atoms with van der Waals surface area (Å²) in [5.74, 6) is -4.01. The SMILES string of the molecule is [C-]#[N+]Cc1cc(F)c(F)c(F)c1. The van der Waals surface area contributed by atoms with Crippen LogP contribution in [0.3, 0.4) is 0 Å². The van der Waals surface area contributed by atoms with Crippen LogP contribution in [0, 0.1) is 24.0 Å². The van der Waals surface area contributed by atoms with Crippen LogP contribution in [-0.2, 0) is 6.54 Å². The third-order valence-electron chi connectivity index (χ3n) is 1.31. The zero-order valence-corrected chi connectivity index (χ0v) is 5.94. The lowest BCUT2D eigenvalue weighted by Gasteiger charge is -1.96. The first-order valence-corrected chi connectivity index (χ1v) is 3.12. The van der Waals surface area contributed by atoms with E-state index in [2.05, 4.69) is 4.85 Å². The third-order valence-corrected chi connectivity index (χ3v) is 1.31. The van der Waals surface area contributed by atoms with Crippen molar-refractivity contribution in [1.82, 2.24) is 0 Å². The van der Waals surface area contributed by atoms with Gasteiger partial charge in [-0.05, 0) is 12.1 Å². The summed E-state index contributed by atoms with van der Waals surface area (Å²) < 4.78 is 37.2. The minimum atomic E-state index is -1.50. The molecule has 0 aliphatic heterocycles. The van der Waals surface area contributed by atoms with Crippen LogP contribution in [0.1, 0.15) is 5.56 Å². The molecule has 0 amide bonds. The maximum absolute atomic E-state index is 12.4. The van der Waals surface area contributed by atoms with E-state index >= 15 is 0 Å². The van der Waals surface area contributed by atoms with E-state index in [1.54, 1.807) is 0 Å². The smallest absolute Gasteiger partial charge is 0.239 e. The molecule has 4 heteroatoms. The lowest BCUT2D eigenvalue weighted by atomic mass is 10.2. The molecule has 0 heterocycles. The van der Waals surface area contributed by atoms with Gasteiger partial charge in [-0.25, -0.2) is 19.7 Å². The molecule has 1 aromatic carbocycles. The Kier molecular flexibility index (Phi) is 2.34. The molecule has 62 valence electrons. The van der Waals surface area contributed by atoms with Gasteiger partial charge in [0.05, 0.1) is 0 Å². The average molecular weight is 171 g/mol. The van der Waals surface area contributed by atoms with Gasteiger partial charge < -0.3 is 4.85 Å². The lowest BCUT2D eigenvalue weighted by molar-refractivity contribution is 0.445. The molecular formula is C8H4F3N. The van der Waals surface area contributed by atoms with E-state index in [0.717, 1.165) is 12.1 Å². The summed E-state index contributed by atoms with van der Waals surface area (Å²) in [6.07, 6.45) is 0. The molecule has 0 atom stereocenters. The van der Waals surface area contributed by atoms with E-state index in [1.807, 2.05) is 0 Å². The van der Waals surface area contributed by atoms with Gasteiger partial charge in [0.1, 0.15) is 0 Å². The Morgan fingerprint density at radius 2 is 1.67 bits per heavy atom. The van der Waals surface area contributed by atoms with Gasteiger partial charge in [0, 0.05) is 5.56 Å². The zero-order valence-electron chi connectivity index (χ0n) is 5.94. The molecule has 0 aromatic heterocycles.